The predicted molar refractivity (Wildman–Crippen MR) is 76.8 cm³/mol. The minimum atomic E-state index is -3.24. The largest absolute Gasteiger partial charge is 0.397 e. The number of benzene rings is 1. The predicted octanol–water partition coefficient (Wildman–Crippen LogP) is 1.61. The quantitative estimate of drug-likeness (QED) is 0.746. The first-order valence-corrected chi connectivity index (χ1v) is 7.73. The molecular formula is C13H12N4O2S. The lowest BCUT2D eigenvalue weighted by Crippen LogP contribution is -1.96. The van der Waals surface area contributed by atoms with Crippen molar-refractivity contribution in [2.24, 2.45) is 0 Å². The first-order valence-electron chi connectivity index (χ1n) is 5.84. The number of anilines is 1. The van der Waals surface area contributed by atoms with Gasteiger partial charge in [-0.3, -0.25) is 4.98 Å². The van der Waals surface area contributed by atoms with Gasteiger partial charge in [0.15, 0.2) is 9.84 Å². The Balaban J connectivity index is 2.16. The summed E-state index contributed by atoms with van der Waals surface area (Å²) in [5.74, 6) is 0.602. The molecule has 0 saturated heterocycles. The van der Waals surface area contributed by atoms with Crippen molar-refractivity contribution in [3.05, 3.63) is 36.7 Å². The SMILES string of the molecule is CS(=O)(=O)c1ccc2nc(-c3cncc(N)c3)[nH]c2c1. The number of aromatic nitrogens is 3. The second-order valence-corrected chi connectivity index (χ2v) is 6.56. The van der Waals surface area contributed by atoms with Crippen LogP contribution in [-0.2, 0) is 9.84 Å². The van der Waals surface area contributed by atoms with Gasteiger partial charge in [-0.05, 0) is 24.3 Å². The maximum Gasteiger partial charge on any atom is 0.175 e. The molecule has 0 aliphatic carbocycles. The molecule has 0 aliphatic heterocycles. The number of nitrogens with one attached hydrogen (secondary N) is 1. The summed E-state index contributed by atoms with van der Waals surface area (Å²) in [4.78, 5) is 11.7. The number of H-pyrrole nitrogens is 1. The van der Waals surface area contributed by atoms with Gasteiger partial charge in [0.1, 0.15) is 5.82 Å². The summed E-state index contributed by atoms with van der Waals surface area (Å²) in [5, 5.41) is 0. The van der Waals surface area contributed by atoms with Crippen molar-refractivity contribution in [1.29, 1.82) is 0 Å². The number of fused-ring (bicyclic) bond motifs is 1. The van der Waals surface area contributed by atoms with E-state index in [0.717, 1.165) is 5.56 Å². The highest BCUT2D eigenvalue weighted by molar-refractivity contribution is 7.90. The van der Waals surface area contributed by atoms with E-state index in [-0.39, 0.29) is 4.90 Å². The summed E-state index contributed by atoms with van der Waals surface area (Å²) in [6, 6.07) is 6.54. The van der Waals surface area contributed by atoms with Gasteiger partial charge in [-0.1, -0.05) is 0 Å². The number of nitrogens with zero attached hydrogens (tertiary/aromatic N) is 2. The van der Waals surface area contributed by atoms with Crippen molar-refractivity contribution in [2.45, 2.75) is 4.90 Å². The molecule has 3 rings (SSSR count). The standard InChI is InChI=1S/C13H12N4O2S/c1-20(18,19)10-2-3-11-12(5-10)17-13(16-11)8-4-9(14)7-15-6-8/h2-7H,14H2,1H3,(H,16,17). The molecule has 0 atom stereocenters. The minimum absolute atomic E-state index is 0.255. The highest BCUT2D eigenvalue weighted by Crippen LogP contribution is 2.23. The van der Waals surface area contributed by atoms with E-state index in [1.54, 1.807) is 36.7 Å². The van der Waals surface area contributed by atoms with E-state index in [2.05, 4.69) is 15.0 Å². The van der Waals surface area contributed by atoms with E-state index in [9.17, 15) is 8.42 Å². The lowest BCUT2D eigenvalue weighted by atomic mass is 10.2. The molecule has 2 heterocycles. The fourth-order valence-corrected chi connectivity index (χ4v) is 2.59. The average Bonchev–Trinajstić information content (AvgIpc) is 2.80. The smallest absolute Gasteiger partial charge is 0.175 e. The lowest BCUT2D eigenvalue weighted by Gasteiger charge is -1.97. The van der Waals surface area contributed by atoms with Crippen LogP contribution in [0, 0.1) is 0 Å². The molecule has 0 aliphatic rings. The molecule has 102 valence electrons. The molecule has 0 saturated carbocycles. The molecule has 0 unspecified atom stereocenters. The molecule has 3 N–H and O–H groups in total. The van der Waals surface area contributed by atoms with Crippen molar-refractivity contribution < 1.29 is 8.42 Å². The molecule has 0 fully saturated rings. The zero-order valence-corrected chi connectivity index (χ0v) is 11.5. The van der Waals surface area contributed by atoms with Crippen LogP contribution in [0.4, 0.5) is 5.69 Å². The van der Waals surface area contributed by atoms with Crippen LogP contribution in [-0.4, -0.2) is 29.6 Å². The Bertz CT molecular complexity index is 900. The van der Waals surface area contributed by atoms with Gasteiger partial charge in [-0.15, -0.1) is 0 Å². The average molecular weight is 288 g/mol. The lowest BCUT2D eigenvalue weighted by molar-refractivity contribution is 0.602. The van der Waals surface area contributed by atoms with Crippen LogP contribution in [0.2, 0.25) is 0 Å². The number of aromatic amines is 1. The Kier molecular flexibility index (Phi) is 2.72. The summed E-state index contributed by atoms with van der Waals surface area (Å²) in [5.41, 5.74) is 8.33. The van der Waals surface area contributed by atoms with Gasteiger partial charge in [0.05, 0.1) is 21.6 Å². The number of hydrogen-bond acceptors (Lipinski definition) is 5. The van der Waals surface area contributed by atoms with Crippen molar-refractivity contribution in [3.63, 3.8) is 0 Å². The molecule has 7 heteroatoms. The first-order chi connectivity index (χ1) is 9.43. The molecule has 6 nitrogen and oxygen atoms in total. The number of nitrogens with two attached hydrogens (primary N) is 1. The van der Waals surface area contributed by atoms with Crippen LogP contribution in [0.5, 0.6) is 0 Å². The Hall–Kier alpha value is -2.41. The zero-order chi connectivity index (χ0) is 14.3. The van der Waals surface area contributed by atoms with Crippen LogP contribution in [0.3, 0.4) is 0 Å². The van der Waals surface area contributed by atoms with Gasteiger partial charge in [-0.25, -0.2) is 13.4 Å². The number of nitrogen functional groups attached to an aromatic ring is 1. The monoisotopic (exact) mass is 288 g/mol. The Morgan fingerprint density at radius 1 is 1.20 bits per heavy atom. The maximum absolute atomic E-state index is 11.5. The van der Waals surface area contributed by atoms with Gasteiger partial charge in [0.25, 0.3) is 0 Å². The summed E-state index contributed by atoms with van der Waals surface area (Å²) in [7, 11) is -3.24. The summed E-state index contributed by atoms with van der Waals surface area (Å²) in [6.45, 7) is 0. The van der Waals surface area contributed by atoms with Gasteiger partial charge in [-0.2, -0.15) is 0 Å². The Labute approximate surface area is 115 Å². The number of hydrogen-bond donors (Lipinski definition) is 2. The normalized spacial score (nSPS) is 11.8. The minimum Gasteiger partial charge on any atom is -0.397 e. The Morgan fingerprint density at radius 2 is 2.00 bits per heavy atom. The van der Waals surface area contributed by atoms with Crippen molar-refractivity contribution >= 4 is 26.6 Å². The second kappa shape index (κ2) is 4.31. The van der Waals surface area contributed by atoms with Crippen LogP contribution in [0.25, 0.3) is 22.4 Å². The third kappa shape index (κ3) is 2.23. The van der Waals surface area contributed by atoms with Crippen molar-refractivity contribution in [1.82, 2.24) is 15.0 Å². The first kappa shape index (κ1) is 12.6. The fourth-order valence-electron chi connectivity index (χ4n) is 1.94. The van der Waals surface area contributed by atoms with E-state index in [0.29, 0.717) is 22.5 Å². The molecule has 0 amide bonds. The summed E-state index contributed by atoms with van der Waals surface area (Å²) >= 11 is 0. The number of rotatable bonds is 2. The van der Waals surface area contributed by atoms with Crippen molar-refractivity contribution in [3.8, 4) is 11.4 Å². The van der Waals surface area contributed by atoms with Crippen LogP contribution in [0.1, 0.15) is 0 Å². The van der Waals surface area contributed by atoms with Gasteiger partial charge >= 0.3 is 0 Å². The molecule has 0 bridgehead atoms. The molecule has 1 aromatic carbocycles. The summed E-state index contributed by atoms with van der Waals surface area (Å²) < 4.78 is 23.1. The van der Waals surface area contributed by atoms with Crippen molar-refractivity contribution in [2.75, 3.05) is 12.0 Å². The highest BCUT2D eigenvalue weighted by atomic mass is 32.2. The number of pyridine rings is 1. The topological polar surface area (TPSA) is 102 Å². The second-order valence-electron chi connectivity index (χ2n) is 4.54. The highest BCUT2D eigenvalue weighted by Gasteiger charge is 2.11. The van der Waals surface area contributed by atoms with Crippen LogP contribution < -0.4 is 5.73 Å². The molecule has 0 radical (unpaired) electrons. The van der Waals surface area contributed by atoms with E-state index in [1.807, 2.05) is 0 Å². The third-order valence-corrected chi connectivity index (χ3v) is 4.02. The van der Waals surface area contributed by atoms with Gasteiger partial charge in [0.2, 0.25) is 0 Å². The third-order valence-electron chi connectivity index (χ3n) is 2.91. The van der Waals surface area contributed by atoms with E-state index >= 15 is 0 Å². The van der Waals surface area contributed by atoms with E-state index < -0.39 is 9.84 Å². The molecule has 0 spiro atoms. The number of imidazole rings is 1. The molecule has 2 aromatic heterocycles. The number of sulfone groups is 1. The Morgan fingerprint density at radius 3 is 2.70 bits per heavy atom. The molecular weight excluding hydrogens is 276 g/mol. The maximum atomic E-state index is 11.5. The van der Waals surface area contributed by atoms with Gasteiger partial charge < -0.3 is 10.7 Å². The van der Waals surface area contributed by atoms with E-state index in [1.165, 1.54) is 6.26 Å². The van der Waals surface area contributed by atoms with Crippen LogP contribution >= 0.6 is 0 Å². The molecule has 20 heavy (non-hydrogen) atoms. The van der Waals surface area contributed by atoms with E-state index in [4.69, 9.17) is 5.73 Å². The zero-order valence-electron chi connectivity index (χ0n) is 10.7. The van der Waals surface area contributed by atoms with Gasteiger partial charge in [0, 0.05) is 24.2 Å². The van der Waals surface area contributed by atoms with Crippen LogP contribution in [0.15, 0.2) is 41.6 Å². The summed E-state index contributed by atoms with van der Waals surface area (Å²) in [6.07, 6.45) is 4.37. The fraction of sp³-hybridized carbons (Fsp3) is 0.0769. The molecule has 3 aromatic rings.